The van der Waals surface area contributed by atoms with E-state index in [9.17, 15) is 13.2 Å². The Morgan fingerprint density at radius 2 is 1.70 bits per heavy atom. The van der Waals surface area contributed by atoms with Gasteiger partial charge in [-0.1, -0.05) is 24.3 Å². The molecule has 0 amide bonds. The van der Waals surface area contributed by atoms with Gasteiger partial charge in [-0.15, -0.1) is 11.6 Å². The monoisotopic (exact) mass is 300 g/mol. The second-order valence-electron chi connectivity index (χ2n) is 4.20. The van der Waals surface area contributed by atoms with E-state index in [2.05, 4.69) is 10.3 Å². The number of hydrogen-bond acceptors (Lipinski definition) is 2. The summed E-state index contributed by atoms with van der Waals surface area (Å²) in [5.74, 6) is 0.244. The second kappa shape index (κ2) is 6.13. The molecule has 1 heterocycles. The van der Waals surface area contributed by atoms with Crippen molar-refractivity contribution < 1.29 is 13.2 Å². The van der Waals surface area contributed by atoms with E-state index in [1.807, 2.05) is 24.3 Å². The van der Waals surface area contributed by atoms with Gasteiger partial charge in [-0.05, 0) is 23.3 Å². The summed E-state index contributed by atoms with van der Waals surface area (Å²) in [6.07, 6.45) is -3.09. The lowest BCUT2D eigenvalue weighted by atomic mass is 10.1. The van der Waals surface area contributed by atoms with Crippen molar-refractivity contribution in [1.82, 2.24) is 4.98 Å². The van der Waals surface area contributed by atoms with E-state index < -0.39 is 11.7 Å². The highest BCUT2D eigenvalue weighted by Gasteiger charge is 2.33. The summed E-state index contributed by atoms with van der Waals surface area (Å²) in [7, 11) is 0. The minimum atomic E-state index is -4.42. The lowest BCUT2D eigenvalue weighted by Gasteiger charge is -2.13. The van der Waals surface area contributed by atoms with Crippen molar-refractivity contribution in [2.45, 2.75) is 18.6 Å². The summed E-state index contributed by atoms with van der Waals surface area (Å²) in [5, 5.41) is 2.71. The molecule has 0 saturated heterocycles. The molecule has 0 spiro atoms. The first-order valence-corrected chi connectivity index (χ1v) is 6.44. The lowest BCUT2D eigenvalue weighted by molar-refractivity contribution is -0.137. The van der Waals surface area contributed by atoms with Gasteiger partial charge in [-0.25, -0.2) is 4.98 Å². The fraction of sp³-hybridized carbons (Fsp3) is 0.214. The summed E-state index contributed by atoms with van der Waals surface area (Å²) < 4.78 is 38.3. The van der Waals surface area contributed by atoms with E-state index in [1.165, 1.54) is 12.3 Å². The number of nitrogens with zero attached hydrogens (tertiary/aromatic N) is 1. The van der Waals surface area contributed by atoms with Crippen molar-refractivity contribution in [3.63, 3.8) is 0 Å². The summed E-state index contributed by atoms with van der Waals surface area (Å²) in [6, 6.07) is 9.59. The first kappa shape index (κ1) is 14.7. The van der Waals surface area contributed by atoms with Gasteiger partial charge in [0.05, 0.1) is 5.56 Å². The Morgan fingerprint density at radius 1 is 1.05 bits per heavy atom. The zero-order valence-corrected chi connectivity index (χ0v) is 11.2. The average Bonchev–Trinajstić information content (AvgIpc) is 2.45. The fourth-order valence-corrected chi connectivity index (χ4v) is 1.89. The molecule has 0 bridgehead atoms. The molecule has 0 unspecified atom stereocenters. The van der Waals surface area contributed by atoms with Crippen LogP contribution < -0.4 is 5.32 Å². The van der Waals surface area contributed by atoms with Gasteiger partial charge >= 0.3 is 6.18 Å². The van der Waals surface area contributed by atoms with E-state index >= 15 is 0 Å². The molecule has 1 N–H and O–H groups in total. The normalized spacial score (nSPS) is 11.4. The van der Waals surface area contributed by atoms with Crippen LogP contribution in [0.5, 0.6) is 0 Å². The van der Waals surface area contributed by atoms with Crippen LogP contribution in [0, 0.1) is 0 Å². The minimum absolute atomic E-state index is 0.165. The average molecular weight is 301 g/mol. The molecule has 6 heteroatoms. The van der Waals surface area contributed by atoms with E-state index in [1.54, 1.807) is 0 Å². The SMILES string of the molecule is FC(F)(F)c1cccnc1NCc1ccc(CCl)cc1. The largest absolute Gasteiger partial charge is 0.419 e. The number of anilines is 1. The Kier molecular flexibility index (Phi) is 4.49. The predicted octanol–water partition coefficient (Wildman–Crippen LogP) is 4.45. The van der Waals surface area contributed by atoms with Gasteiger partial charge in [0.15, 0.2) is 0 Å². The zero-order valence-electron chi connectivity index (χ0n) is 10.4. The van der Waals surface area contributed by atoms with Crippen LogP contribution in [-0.2, 0) is 18.6 Å². The van der Waals surface area contributed by atoms with Crippen LogP contribution in [0.3, 0.4) is 0 Å². The molecule has 2 nitrogen and oxygen atoms in total. The lowest BCUT2D eigenvalue weighted by Crippen LogP contribution is -2.12. The molecule has 20 heavy (non-hydrogen) atoms. The van der Waals surface area contributed by atoms with Crippen LogP contribution >= 0.6 is 11.6 Å². The van der Waals surface area contributed by atoms with Crippen molar-refractivity contribution in [2.24, 2.45) is 0 Å². The smallest absolute Gasteiger partial charge is 0.365 e. The maximum atomic E-state index is 12.8. The molecule has 0 aliphatic heterocycles. The first-order valence-electron chi connectivity index (χ1n) is 5.90. The van der Waals surface area contributed by atoms with E-state index in [0.717, 1.165) is 17.2 Å². The van der Waals surface area contributed by atoms with Crippen LogP contribution in [0.25, 0.3) is 0 Å². The molecule has 2 aromatic rings. The Labute approximate surface area is 119 Å². The Morgan fingerprint density at radius 3 is 2.30 bits per heavy atom. The third-order valence-corrected chi connectivity index (χ3v) is 3.06. The van der Waals surface area contributed by atoms with Crippen molar-refractivity contribution in [1.29, 1.82) is 0 Å². The van der Waals surface area contributed by atoms with Gasteiger partial charge in [0.2, 0.25) is 0 Å². The Hall–Kier alpha value is -1.75. The number of aromatic nitrogens is 1. The number of rotatable bonds is 4. The van der Waals surface area contributed by atoms with E-state index in [4.69, 9.17) is 11.6 Å². The molecular formula is C14H12ClF3N2. The number of hydrogen-bond donors (Lipinski definition) is 1. The molecule has 0 radical (unpaired) electrons. The van der Waals surface area contributed by atoms with Gasteiger partial charge in [0, 0.05) is 18.6 Å². The second-order valence-corrected chi connectivity index (χ2v) is 4.47. The van der Waals surface area contributed by atoms with Gasteiger partial charge in [-0.3, -0.25) is 0 Å². The number of benzene rings is 1. The van der Waals surface area contributed by atoms with E-state index in [-0.39, 0.29) is 12.4 Å². The molecule has 0 atom stereocenters. The van der Waals surface area contributed by atoms with Gasteiger partial charge in [0.25, 0.3) is 0 Å². The summed E-state index contributed by atoms with van der Waals surface area (Å²) in [6.45, 7) is 0.267. The summed E-state index contributed by atoms with van der Waals surface area (Å²) >= 11 is 5.67. The minimum Gasteiger partial charge on any atom is -0.365 e. The zero-order chi connectivity index (χ0) is 14.6. The number of halogens is 4. The molecular weight excluding hydrogens is 289 g/mol. The molecule has 0 fully saturated rings. The fourth-order valence-electron chi connectivity index (χ4n) is 1.71. The third kappa shape index (κ3) is 3.63. The van der Waals surface area contributed by atoms with Crippen LogP contribution in [0.4, 0.5) is 19.0 Å². The first-order chi connectivity index (χ1) is 9.50. The summed E-state index contributed by atoms with van der Waals surface area (Å²) in [4.78, 5) is 3.74. The third-order valence-electron chi connectivity index (χ3n) is 2.75. The molecule has 2 rings (SSSR count). The van der Waals surface area contributed by atoms with Crippen molar-refractivity contribution in [2.75, 3.05) is 5.32 Å². The molecule has 1 aromatic carbocycles. The maximum Gasteiger partial charge on any atom is 0.419 e. The highest BCUT2D eigenvalue weighted by Crippen LogP contribution is 2.33. The van der Waals surface area contributed by atoms with Crippen LogP contribution in [0.2, 0.25) is 0 Å². The van der Waals surface area contributed by atoms with Gasteiger partial charge < -0.3 is 5.32 Å². The van der Waals surface area contributed by atoms with E-state index in [0.29, 0.717) is 5.88 Å². The predicted molar refractivity (Wildman–Crippen MR) is 72.6 cm³/mol. The molecule has 0 saturated carbocycles. The Bertz CT molecular complexity index is 567. The highest BCUT2D eigenvalue weighted by molar-refractivity contribution is 6.17. The highest BCUT2D eigenvalue weighted by atomic mass is 35.5. The van der Waals surface area contributed by atoms with Crippen LogP contribution in [-0.4, -0.2) is 4.98 Å². The number of pyridine rings is 1. The molecule has 0 aliphatic rings. The van der Waals surface area contributed by atoms with Crippen molar-refractivity contribution in [3.8, 4) is 0 Å². The number of nitrogens with one attached hydrogen (secondary N) is 1. The van der Waals surface area contributed by atoms with Crippen molar-refractivity contribution in [3.05, 3.63) is 59.3 Å². The molecule has 106 valence electrons. The standard InChI is InChI=1S/C14H12ClF3N2/c15-8-10-3-5-11(6-4-10)9-20-13-12(14(16,17)18)2-1-7-19-13/h1-7H,8-9H2,(H,19,20). The topological polar surface area (TPSA) is 24.9 Å². The van der Waals surface area contributed by atoms with Gasteiger partial charge in [0.1, 0.15) is 5.82 Å². The number of alkyl halides is 4. The van der Waals surface area contributed by atoms with Gasteiger partial charge in [-0.2, -0.15) is 13.2 Å². The summed E-state index contributed by atoms with van der Waals surface area (Å²) in [5.41, 5.74) is 1.05. The van der Waals surface area contributed by atoms with Crippen LogP contribution in [0.15, 0.2) is 42.6 Å². The quantitative estimate of drug-likeness (QED) is 0.844. The Balaban J connectivity index is 2.10. The molecule has 1 aromatic heterocycles. The maximum absolute atomic E-state index is 12.8. The molecule has 0 aliphatic carbocycles. The van der Waals surface area contributed by atoms with Crippen LogP contribution in [0.1, 0.15) is 16.7 Å². The van der Waals surface area contributed by atoms with Crippen molar-refractivity contribution >= 4 is 17.4 Å².